The van der Waals surface area contributed by atoms with Crippen molar-refractivity contribution in [2.75, 3.05) is 17.2 Å². The Morgan fingerprint density at radius 1 is 1.00 bits per heavy atom. The van der Waals surface area contributed by atoms with Gasteiger partial charge in [0.15, 0.2) is 0 Å². The van der Waals surface area contributed by atoms with Gasteiger partial charge >= 0.3 is 0 Å². The molecule has 150 valence electrons. The van der Waals surface area contributed by atoms with Crippen LogP contribution in [0.2, 0.25) is 0 Å². The molecule has 0 bridgehead atoms. The van der Waals surface area contributed by atoms with Crippen LogP contribution in [0.1, 0.15) is 32.8 Å². The van der Waals surface area contributed by atoms with Crippen molar-refractivity contribution in [2.24, 2.45) is 10.4 Å². The molecule has 7 heteroatoms. The van der Waals surface area contributed by atoms with E-state index in [1.807, 2.05) is 48.5 Å². The Kier molecular flexibility index (Phi) is 5.15. The van der Waals surface area contributed by atoms with Crippen molar-refractivity contribution >= 4 is 33.7 Å². The second-order valence-corrected chi connectivity index (χ2v) is 8.97. The number of anilines is 3. The van der Waals surface area contributed by atoms with Crippen LogP contribution in [-0.2, 0) is 0 Å². The molecule has 0 aliphatic carbocycles. The molecule has 0 saturated heterocycles. The van der Waals surface area contributed by atoms with Gasteiger partial charge in [-0.15, -0.1) is 0 Å². The monoisotopic (exact) mass is 408 g/mol. The number of fused-ring (bicyclic) bond motifs is 2. The lowest BCUT2D eigenvalue weighted by molar-refractivity contribution is 0.385. The van der Waals surface area contributed by atoms with Crippen LogP contribution in [0.5, 0.6) is 11.5 Å². The largest absolute Gasteiger partial charge is 0.457 e. The van der Waals surface area contributed by atoms with E-state index in [9.17, 15) is 4.79 Å². The molecule has 0 amide bonds. The van der Waals surface area contributed by atoms with Gasteiger partial charge in [-0.05, 0) is 47.6 Å². The van der Waals surface area contributed by atoms with E-state index in [0.29, 0.717) is 23.7 Å². The molecule has 4 rings (SSSR count). The Morgan fingerprint density at radius 2 is 1.79 bits per heavy atom. The van der Waals surface area contributed by atoms with Crippen LogP contribution >= 0.6 is 11.5 Å². The summed E-state index contributed by atoms with van der Waals surface area (Å²) in [5, 5.41) is 7.45. The molecule has 0 atom stereocenters. The molecule has 0 fully saturated rings. The minimum atomic E-state index is -0.145. The standard InChI is InChI=1S/C22H24N4O2S/c1-22(2,3)11-12-23-19-18-20(27)26-29-21(18)25-16-10-9-15(13-17(16)24-19)28-14-7-5-4-6-8-14/h4-10,13,25H,11-12H2,1-3H3,(H,23,24)(H,26,27). The van der Waals surface area contributed by atoms with Gasteiger partial charge in [-0.2, -0.15) is 0 Å². The maximum Gasteiger partial charge on any atom is 0.271 e. The fourth-order valence-electron chi connectivity index (χ4n) is 2.96. The zero-order valence-corrected chi connectivity index (χ0v) is 17.5. The third-order valence-electron chi connectivity index (χ3n) is 4.54. The number of aliphatic imine (C=N–C) groups is 1. The lowest BCUT2D eigenvalue weighted by Gasteiger charge is -2.16. The number of hydrogen-bond acceptors (Lipinski definition) is 5. The number of aromatic amines is 1. The first-order valence-electron chi connectivity index (χ1n) is 9.56. The predicted octanol–water partition coefficient (Wildman–Crippen LogP) is 5.58. The first-order valence-corrected chi connectivity index (χ1v) is 10.4. The molecular formula is C22H24N4O2S. The number of hydrogen-bond donors (Lipinski definition) is 3. The van der Waals surface area contributed by atoms with E-state index >= 15 is 0 Å². The third-order valence-corrected chi connectivity index (χ3v) is 5.34. The van der Waals surface area contributed by atoms with Crippen molar-refractivity contribution in [2.45, 2.75) is 27.2 Å². The Bertz CT molecular complexity index is 1090. The summed E-state index contributed by atoms with van der Waals surface area (Å²) in [7, 11) is 0. The average molecular weight is 409 g/mol. The Labute approximate surface area is 173 Å². The van der Waals surface area contributed by atoms with Gasteiger partial charge in [0, 0.05) is 12.6 Å². The lowest BCUT2D eigenvalue weighted by atomic mass is 9.92. The first kappa shape index (κ1) is 19.3. The highest BCUT2D eigenvalue weighted by Gasteiger charge is 2.23. The van der Waals surface area contributed by atoms with Crippen molar-refractivity contribution in [3.05, 3.63) is 64.4 Å². The Balaban J connectivity index is 1.67. The van der Waals surface area contributed by atoms with Crippen LogP contribution in [0.3, 0.4) is 0 Å². The van der Waals surface area contributed by atoms with E-state index in [0.717, 1.165) is 28.5 Å². The minimum Gasteiger partial charge on any atom is -0.457 e. The van der Waals surface area contributed by atoms with Crippen LogP contribution < -0.4 is 20.9 Å². The van der Waals surface area contributed by atoms with Gasteiger partial charge < -0.3 is 15.4 Å². The second-order valence-electron chi connectivity index (χ2n) is 8.15. The number of H-pyrrole nitrogens is 1. The van der Waals surface area contributed by atoms with Gasteiger partial charge in [0.05, 0.1) is 11.4 Å². The van der Waals surface area contributed by atoms with Gasteiger partial charge in [-0.3, -0.25) is 14.2 Å². The van der Waals surface area contributed by atoms with Crippen molar-refractivity contribution in [3.8, 4) is 11.5 Å². The topological polar surface area (TPSA) is 78.5 Å². The van der Waals surface area contributed by atoms with E-state index < -0.39 is 0 Å². The molecule has 1 aromatic heterocycles. The molecule has 0 saturated carbocycles. The van der Waals surface area contributed by atoms with Crippen LogP contribution in [0.4, 0.5) is 16.4 Å². The van der Waals surface area contributed by atoms with Gasteiger partial charge in [-0.1, -0.05) is 39.0 Å². The average Bonchev–Trinajstić information content (AvgIpc) is 2.94. The van der Waals surface area contributed by atoms with Crippen molar-refractivity contribution < 1.29 is 4.74 Å². The normalized spacial score (nSPS) is 14.4. The number of aromatic nitrogens is 1. The van der Waals surface area contributed by atoms with Crippen LogP contribution in [-0.4, -0.2) is 16.8 Å². The molecule has 0 unspecified atom stereocenters. The van der Waals surface area contributed by atoms with Crippen LogP contribution in [0.15, 0.2) is 58.3 Å². The number of para-hydroxylation sites is 1. The molecule has 1 aliphatic rings. The smallest absolute Gasteiger partial charge is 0.271 e. The van der Waals surface area contributed by atoms with Gasteiger partial charge in [0.2, 0.25) is 0 Å². The van der Waals surface area contributed by atoms with E-state index in [4.69, 9.17) is 9.73 Å². The number of ether oxygens (including phenoxy) is 1. The molecule has 2 heterocycles. The lowest BCUT2D eigenvalue weighted by Crippen LogP contribution is -2.21. The van der Waals surface area contributed by atoms with Crippen molar-refractivity contribution in [3.63, 3.8) is 0 Å². The maximum atomic E-state index is 12.4. The van der Waals surface area contributed by atoms with Crippen LogP contribution in [0, 0.1) is 5.41 Å². The number of nitrogens with one attached hydrogen (secondary N) is 3. The fraction of sp³-hybridized carbons (Fsp3) is 0.273. The highest BCUT2D eigenvalue weighted by atomic mass is 32.1. The Hall–Kier alpha value is -3.06. The summed E-state index contributed by atoms with van der Waals surface area (Å²) in [5.41, 5.74) is 2.25. The highest BCUT2D eigenvalue weighted by molar-refractivity contribution is 7.10. The predicted molar refractivity (Wildman–Crippen MR) is 120 cm³/mol. The summed E-state index contributed by atoms with van der Waals surface area (Å²) in [6, 6.07) is 15.4. The molecule has 3 N–H and O–H groups in total. The molecule has 6 nitrogen and oxygen atoms in total. The molecule has 29 heavy (non-hydrogen) atoms. The number of amidine groups is 1. The summed E-state index contributed by atoms with van der Waals surface area (Å²) in [6.45, 7) is 7.18. The summed E-state index contributed by atoms with van der Waals surface area (Å²) in [4.78, 5) is 17.1. The molecule has 3 aromatic rings. The summed E-state index contributed by atoms with van der Waals surface area (Å²) < 4.78 is 8.75. The Morgan fingerprint density at radius 3 is 2.55 bits per heavy atom. The quantitative estimate of drug-likeness (QED) is 0.526. The van der Waals surface area contributed by atoms with E-state index in [-0.39, 0.29) is 11.0 Å². The minimum absolute atomic E-state index is 0.145. The zero-order chi connectivity index (χ0) is 20.4. The van der Waals surface area contributed by atoms with Crippen molar-refractivity contribution in [1.82, 2.24) is 4.37 Å². The first-order chi connectivity index (χ1) is 13.9. The van der Waals surface area contributed by atoms with E-state index in [1.54, 1.807) is 0 Å². The van der Waals surface area contributed by atoms with Gasteiger partial charge in [0.25, 0.3) is 5.56 Å². The zero-order valence-electron chi connectivity index (χ0n) is 16.7. The molecule has 2 aromatic carbocycles. The third kappa shape index (κ3) is 4.51. The number of rotatable bonds is 4. The SMILES string of the molecule is CC(C)(C)CCN=C1Nc2cc(Oc3ccccc3)ccc2Nc2s[nH]c(=O)c21. The van der Waals surface area contributed by atoms with E-state index in [2.05, 4.69) is 35.8 Å². The molecule has 1 aliphatic heterocycles. The van der Waals surface area contributed by atoms with Crippen LogP contribution in [0.25, 0.3) is 0 Å². The fourth-order valence-corrected chi connectivity index (χ4v) is 3.71. The van der Waals surface area contributed by atoms with Crippen molar-refractivity contribution in [1.29, 1.82) is 0 Å². The summed E-state index contributed by atoms with van der Waals surface area (Å²) >= 11 is 1.28. The molecular weight excluding hydrogens is 384 g/mol. The molecule has 0 spiro atoms. The van der Waals surface area contributed by atoms with Gasteiger partial charge in [0.1, 0.15) is 27.9 Å². The number of nitrogens with zero attached hydrogens (tertiary/aromatic N) is 1. The summed E-state index contributed by atoms with van der Waals surface area (Å²) in [5.74, 6) is 2.05. The summed E-state index contributed by atoms with van der Waals surface area (Å²) in [6.07, 6.45) is 0.924. The number of benzene rings is 2. The van der Waals surface area contributed by atoms with Gasteiger partial charge in [-0.25, -0.2) is 0 Å². The highest BCUT2D eigenvalue weighted by Crippen LogP contribution is 2.36. The maximum absolute atomic E-state index is 12.4. The van der Waals surface area contributed by atoms with E-state index in [1.165, 1.54) is 11.5 Å². The second kappa shape index (κ2) is 7.75. The molecule has 0 radical (unpaired) electrons.